The van der Waals surface area contributed by atoms with Crippen LogP contribution in [0, 0.1) is 17.3 Å². The summed E-state index contributed by atoms with van der Waals surface area (Å²) in [5.41, 5.74) is -3.00. The molecule has 4 rings (SSSR count). The van der Waals surface area contributed by atoms with Gasteiger partial charge in [-0.15, -0.1) is 0 Å². The van der Waals surface area contributed by atoms with Crippen LogP contribution in [0.2, 0.25) is 0 Å². The van der Waals surface area contributed by atoms with Crippen LogP contribution in [0.5, 0.6) is 5.75 Å². The van der Waals surface area contributed by atoms with Gasteiger partial charge in [0.25, 0.3) is 0 Å². The van der Waals surface area contributed by atoms with Gasteiger partial charge in [0, 0.05) is 16.7 Å². The molecule has 0 saturated carbocycles. The van der Waals surface area contributed by atoms with Crippen molar-refractivity contribution in [2.45, 2.75) is 64.8 Å². The van der Waals surface area contributed by atoms with Crippen molar-refractivity contribution < 1.29 is 24.2 Å². The zero-order valence-corrected chi connectivity index (χ0v) is 21.3. The largest absolute Gasteiger partial charge is 0.497 e. The van der Waals surface area contributed by atoms with Crippen LogP contribution < -0.4 is 14.5 Å². The first-order chi connectivity index (χ1) is 16.2. The minimum atomic E-state index is -2.07. The molecule has 7 nitrogen and oxygen atoms in total. The summed E-state index contributed by atoms with van der Waals surface area (Å²) in [5, 5.41) is 12.5. The summed E-state index contributed by atoms with van der Waals surface area (Å²) in [6.07, 6.45) is -0.758. The molecule has 2 unspecified atom stereocenters. The number of rotatable bonds is 2. The van der Waals surface area contributed by atoms with E-state index in [9.17, 15) is 14.7 Å². The van der Waals surface area contributed by atoms with Crippen molar-refractivity contribution in [2.24, 2.45) is 5.41 Å². The molecule has 1 saturated heterocycles. The average molecular weight is 477 g/mol. The molecule has 0 radical (unpaired) electrons. The highest BCUT2D eigenvalue weighted by atomic mass is 16.6. The van der Waals surface area contributed by atoms with Crippen LogP contribution in [-0.4, -0.2) is 35.5 Å². The van der Waals surface area contributed by atoms with Crippen molar-refractivity contribution in [1.82, 2.24) is 0 Å². The lowest BCUT2D eigenvalue weighted by molar-refractivity contribution is -0.135. The molecule has 1 N–H and O–H groups in total. The normalized spacial score (nSPS) is 23.4. The Morgan fingerprint density at radius 3 is 2.20 bits per heavy atom. The highest BCUT2D eigenvalue weighted by Gasteiger charge is 2.73. The van der Waals surface area contributed by atoms with E-state index < -0.39 is 28.4 Å². The van der Waals surface area contributed by atoms with Crippen molar-refractivity contribution in [2.75, 3.05) is 16.9 Å². The Morgan fingerprint density at radius 2 is 1.66 bits per heavy atom. The van der Waals surface area contributed by atoms with Gasteiger partial charge in [-0.05, 0) is 77.8 Å². The van der Waals surface area contributed by atoms with E-state index in [0.29, 0.717) is 22.7 Å². The molecular formula is C28H32N2O5. The van der Waals surface area contributed by atoms with Crippen LogP contribution in [0.1, 0.15) is 53.5 Å². The number of aliphatic hydroxyl groups is 1. The monoisotopic (exact) mass is 476 g/mol. The van der Waals surface area contributed by atoms with Crippen molar-refractivity contribution in [3.8, 4) is 17.6 Å². The highest BCUT2D eigenvalue weighted by Crippen LogP contribution is 2.60. The number of anilines is 2. The summed E-state index contributed by atoms with van der Waals surface area (Å²) in [6, 6.07) is 14.2. The Hall–Kier alpha value is -3.50. The number of carbonyl (C=O) groups excluding carboxylic acids is 2. The molecule has 2 aliphatic heterocycles. The second kappa shape index (κ2) is 8.03. The van der Waals surface area contributed by atoms with Crippen LogP contribution in [-0.2, 0) is 15.1 Å². The Morgan fingerprint density at radius 1 is 1.03 bits per heavy atom. The number of β-lactam (4-membered cyclic amide) rings is 1. The van der Waals surface area contributed by atoms with Gasteiger partial charge in [0.2, 0.25) is 11.6 Å². The third-order valence-corrected chi connectivity index (χ3v) is 6.05. The molecule has 2 amide bonds. The van der Waals surface area contributed by atoms with E-state index in [1.165, 1.54) is 9.80 Å². The van der Waals surface area contributed by atoms with Crippen LogP contribution in [0.4, 0.5) is 16.2 Å². The van der Waals surface area contributed by atoms with Crippen LogP contribution in [0.25, 0.3) is 0 Å². The van der Waals surface area contributed by atoms with E-state index >= 15 is 0 Å². The zero-order valence-electron chi connectivity index (χ0n) is 21.3. The van der Waals surface area contributed by atoms with Gasteiger partial charge in [-0.25, -0.2) is 9.69 Å². The van der Waals surface area contributed by atoms with Gasteiger partial charge in [-0.1, -0.05) is 24.1 Å². The first-order valence-corrected chi connectivity index (χ1v) is 11.6. The molecular weight excluding hydrogens is 444 g/mol. The fourth-order valence-electron chi connectivity index (χ4n) is 4.63. The number of carbonyl (C=O) groups is 2. The third kappa shape index (κ3) is 3.92. The topological polar surface area (TPSA) is 79.3 Å². The number of nitrogens with zero attached hydrogens (tertiary/aromatic N) is 2. The van der Waals surface area contributed by atoms with Gasteiger partial charge in [-0.3, -0.25) is 9.69 Å². The van der Waals surface area contributed by atoms with Gasteiger partial charge in [-0.2, -0.15) is 0 Å². The molecule has 2 heterocycles. The lowest BCUT2D eigenvalue weighted by atomic mass is 9.71. The number of amides is 2. The molecule has 0 aromatic heterocycles. The number of hydrogen-bond acceptors (Lipinski definition) is 5. The van der Waals surface area contributed by atoms with Gasteiger partial charge < -0.3 is 14.6 Å². The second-order valence-corrected chi connectivity index (χ2v) is 11.0. The maximum absolute atomic E-state index is 13.6. The van der Waals surface area contributed by atoms with E-state index in [4.69, 9.17) is 9.47 Å². The molecule has 0 aliphatic carbocycles. The lowest BCUT2D eigenvalue weighted by Crippen LogP contribution is -2.74. The van der Waals surface area contributed by atoms with Crippen molar-refractivity contribution in [3.05, 3.63) is 54.1 Å². The van der Waals surface area contributed by atoms with Gasteiger partial charge >= 0.3 is 6.09 Å². The molecule has 2 aromatic rings. The molecule has 35 heavy (non-hydrogen) atoms. The first-order valence-electron chi connectivity index (χ1n) is 11.6. The van der Waals surface area contributed by atoms with E-state index in [0.717, 1.165) is 0 Å². The SMILES string of the molecule is COc1ccc(N2C(=O)CC23c2ccccc2N(C(=O)OC(C)(C)C)C3(O)C#CC(C)(C)C)cc1. The molecule has 1 fully saturated rings. The average Bonchev–Trinajstić information content (AvgIpc) is 2.98. The maximum atomic E-state index is 13.6. The minimum Gasteiger partial charge on any atom is -0.497 e. The van der Waals surface area contributed by atoms with Gasteiger partial charge in [0.15, 0.2) is 0 Å². The second-order valence-electron chi connectivity index (χ2n) is 11.0. The molecule has 184 valence electrons. The number of hydrogen-bond donors (Lipinski definition) is 1. The van der Waals surface area contributed by atoms with Crippen molar-refractivity contribution in [1.29, 1.82) is 0 Å². The lowest BCUT2D eigenvalue weighted by Gasteiger charge is -2.55. The zero-order chi connectivity index (χ0) is 25.8. The predicted octanol–water partition coefficient (Wildman–Crippen LogP) is 4.82. The summed E-state index contributed by atoms with van der Waals surface area (Å²) in [4.78, 5) is 29.4. The summed E-state index contributed by atoms with van der Waals surface area (Å²) in [5.74, 6) is 6.57. The summed E-state index contributed by atoms with van der Waals surface area (Å²) >= 11 is 0. The first kappa shape index (κ1) is 24.6. The van der Waals surface area contributed by atoms with Gasteiger partial charge in [0.1, 0.15) is 16.9 Å². The Bertz CT molecular complexity index is 1230. The van der Waals surface area contributed by atoms with E-state index in [1.54, 1.807) is 64.3 Å². The van der Waals surface area contributed by atoms with Crippen molar-refractivity contribution >= 4 is 23.4 Å². The van der Waals surface area contributed by atoms with Crippen LogP contribution in [0.15, 0.2) is 48.5 Å². The van der Waals surface area contributed by atoms with Crippen LogP contribution >= 0.6 is 0 Å². The number of fused-ring (bicyclic) bond motifs is 2. The third-order valence-electron chi connectivity index (χ3n) is 6.05. The molecule has 1 spiro atoms. The number of ether oxygens (including phenoxy) is 2. The molecule has 0 bridgehead atoms. The number of methoxy groups -OCH3 is 1. The molecule has 2 aromatic carbocycles. The molecule has 2 atom stereocenters. The Balaban J connectivity index is 1.97. The fourth-order valence-corrected chi connectivity index (χ4v) is 4.63. The smallest absolute Gasteiger partial charge is 0.418 e. The quantitative estimate of drug-likeness (QED) is 0.497. The van der Waals surface area contributed by atoms with E-state index in [-0.39, 0.29) is 12.3 Å². The van der Waals surface area contributed by atoms with E-state index in [2.05, 4.69) is 11.8 Å². The number of benzene rings is 2. The highest BCUT2D eigenvalue weighted by molar-refractivity contribution is 6.08. The summed E-state index contributed by atoms with van der Waals surface area (Å²) < 4.78 is 11.0. The summed E-state index contributed by atoms with van der Waals surface area (Å²) in [6.45, 7) is 11.0. The standard InChI is InChI=1S/C28H32N2O5/c1-25(2,3)16-17-28(33)27(18-23(31)29(27)19-12-14-20(34-7)15-13-19)21-10-8-9-11-22(21)30(28)24(32)35-26(4,5)6/h8-15,33H,18H2,1-7H3. The Labute approximate surface area is 206 Å². The van der Waals surface area contributed by atoms with E-state index in [1.807, 2.05) is 32.9 Å². The predicted molar refractivity (Wildman–Crippen MR) is 134 cm³/mol. The summed E-state index contributed by atoms with van der Waals surface area (Å²) in [7, 11) is 1.57. The molecule has 7 heteroatoms. The van der Waals surface area contributed by atoms with Crippen LogP contribution in [0.3, 0.4) is 0 Å². The minimum absolute atomic E-state index is 0.0232. The fraction of sp³-hybridized carbons (Fsp3) is 0.429. The molecule has 2 aliphatic rings. The number of para-hydroxylation sites is 1. The van der Waals surface area contributed by atoms with Gasteiger partial charge in [0.05, 0.1) is 19.2 Å². The Kier molecular flexibility index (Phi) is 5.65. The van der Waals surface area contributed by atoms with Crippen molar-refractivity contribution in [3.63, 3.8) is 0 Å². The maximum Gasteiger partial charge on any atom is 0.418 e.